The van der Waals surface area contributed by atoms with Crippen LogP contribution >= 0.6 is 0 Å². The van der Waals surface area contributed by atoms with Gasteiger partial charge in [-0.05, 0) is 62.9 Å². The van der Waals surface area contributed by atoms with Crippen LogP contribution in [0.3, 0.4) is 0 Å². The summed E-state index contributed by atoms with van der Waals surface area (Å²) < 4.78 is 80.9. The van der Waals surface area contributed by atoms with Gasteiger partial charge in [-0.25, -0.2) is 0 Å². The summed E-state index contributed by atoms with van der Waals surface area (Å²) in [6.45, 7) is 5.51. The Morgan fingerprint density at radius 3 is 1.80 bits per heavy atom. The van der Waals surface area contributed by atoms with E-state index in [1.807, 2.05) is 7.05 Å². The molecule has 0 saturated carbocycles. The van der Waals surface area contributed by atoms with E-state index in [9.17, 15) is 35.9 Å². The van der Waals surface area contributed by atoms with Crippen LogP contribution in [0.15, 0.2) is 66.7 Å². The SMILES string of the molecule is CN1CCN(c2ccc(NC(=O)C(C)(C)c3cc(C(F)(F)F)cc(C(F)(F)F)c3)c(C(=O)c3ccccc3)c2)CC1. The molecule has 11 heteroatoms. The summed E-state index contributed by atoms with van der Waals surface area (Å²) >= 11 is 0. The molecule has 1 aliphatic heterocycles. The molecule has 3 aromatic rings. The molecule has 1 saturated heterocycles. The van der Waals surface area contributed by atoms with E-state index in [4.69, 9.17) is 0 Å². The first kappa shape index (κ1) is 30.1. The average Bonchev–Trinajstić information content (AvgIpc) is 2.92. The fourth-order valence-corrected chi connectivity index (χ4v) is 4.56. The number of likely N-dealkylation sites (N-methyl/N-ethyl adjacent to an activating group) is 1. The molecule has 0 radical (unpaired) electrons. The van der Waals surface area contributed by atoms with Crippen LogP contribution in [0.2, 0.25) is 0 Å². The summed E-state index contributed by atoms with van der Waals surface area (Å²) in [6, 6.07) is 14.3. The van der Waals surface area contributed by atoms with Gasteiger partial charge in [-0.2, -0.15) is 26.3 Å². The van der Waals surface area contributed by atoms with E-state index < -0.39 is 46.1 Å². The van der Waals surface area contributed by atoms with Gasteiger partial charge in [0.1, 0.15) is 0 Å². The van der Waals surface area contributed by atoms with Crippen molar-refractivity contribution in [3.63, 3.8) is 0 Å². The third-order valence-corrected chi connectivity index (χ3v) is 7.28. The van der Waals surface area contributed by atoms with Crippen LogP contribution in [-0.2, 0) is 22.6 Å². The van der Waals surface area contributed by atoms with E-state index in [1.165, 1.54) is 19.9 Å². The summed E-state index contributed by atoms with van der Waals surface area (Å²) in [5.41, 5.74) is -3.98. The molecule has 1 aliphatic rings. The maximum atomic E-state index is 13.5. The van der Waals surface area contributed by atoms with Crippen LogP contribution in [0, 0.1) is 0 Å². The van der Waals surface area contributed by atoms with Gasteiger partial charge in [0.15, 0.2) is 5.78 Å². The molecule has 4 rings (SSSR count). The molecule has 0 unspecified atom stereocenters. The van der Waals surface area contributed by atoms with Gasteiger partial charge in [0.05, 0.1) is 22.2 Å². The zero-order valence-corrected chi connectivity index (χ0v) is 22.7. The van der Waals surface area contributed by atoms with E-state index in [1.54, 1.807) is 42.5 Å². The van der Waals surface area contributed by atoms with Crippen LogP contribution in [0.5, 0.6) is 0 Å². The number of carbonyl (C=O) groups excluding carboxylic acids is 2. The molecule has 41 heavy (non-hydrogen) atoms. The Morgan fingerprint density at radius 1 is 0.732 bits per heavy atom. The predicted octanol–water partition coefficient (Wildman–Crippen LogP) is 6.62. The lowest BCUT2D eigenvalue weighted by Gasteiger charge is -2.34. The molecule has 0 aliphatic carbocycles. The molecule has 0 bridgehead atoms. The number of halogens is 6. The number of hydrogen-bond donors (Lipinski definition) is 1. The van der Waals surface area contributed by atoms with Crippen LogP contribution in [0.4, 0.5) is 37.7 Å². The van der Waals surface area contributed by atoms with Crippen LogP contribution in [0.25, 0.3) is 0 Å². The Bertz CT molecular complexity index is 1390. The van der Waals surface area contributed by atoms with E-state index in [0.717, 1.165) is 18.8 Å². The molecule has 0 atom stereocenters. The molecule has 1 N–H and O–H groups in total. The van der Waals surface area contributed by atoms with Crippen molar-refractivity contribution in [2.24, 2.45) is 0 Å². The predicted molar refractivity (Wildman–Crippen MR) is 144 cm³/mol. The Balaban J connectivity index is 1.73. The lowest BCUT2D eigenvalue weighted by atomic mass is 9.81. The van der Waals surface area contributed by atoms with Crippen LogP contribution in [-0.4, -0.2) is 49.8 Å². The minimum absolute atomic E-state index is 0.0190. The Morgan fingerprint density at radius 2 is 1.27 bits per heavy atom. The molecule has 1 heterocycles. The highest BCUT2D eigenvalue weighted by Crippen LogP contribution is 2.39. The second kappa shape index (κ2) is 11.2. The maximum Gasteiger partial charge on any atom is 0.416 e. The summed E-state index contributed by atoms with van der Waals surface area (Å²) in [5.74, 6) is -1.27. The molecular formula is C30H29F6N3O2. The standard InChI is InChI=1S/C30H29F6N3O2/c1-28(2,20-15-21(29(31,32)33)17-22(16-20)30(34,35)36)27(41)37-25-10-9-23(39-13-11-38(3)12-14-39)18-24(25)26(40)19-7-5-4-6-8-19/h4-10,15-18H,11-14H2,1-3H3,(H,37,41). The molecule has 5 nitrogen and oxygen atoms in total. The average molecular weight is 578 g/mol. The van der Waals surface area contributed by atoms with Crippen LogP contribution < -0.4 is 10.2 Å². The topological polar surface area (TPSA) is 52.6 Å². The number of carbonyl (C=O) groups is 2. The molecular weight excluding hydrogens is 548 g/mol. The van der Waals surface area contributed by atoms with E-state index in [2.05, 4.69) is 15.1 Å². The third-order valence-electron chi connectivity index (χ3n) is 7.28. The first-order valence-corrected chi connectivity index (χ1v) is 12.9. The summed E-state index contributed by atoms with van der Waals surface area (Å²) in [7, 11) is 2.00. The summed E-state index contributed by atoms with van der Waals surface area (Å²) in [5, 5.41) is 2.60. The number of amides is 1. The highest BCUT2D eigenvalue weighted by Gasteiger charge is 2.40. The Hall–Kier alpha value is -3.86. The number of nitrogens with one attached hydrogen (secondary N) is 1. The van der Waals surface area contributed by atoms with Crippen molar-refractivity contribution in [1.82, 2.24) is 4.90 Å². The fourth-order valence-electron chi connectivity index (χ4n) is 4.56. The van der Waals surface area contributed by atoms with Gasteiger partial charge >= 0.3 is 12.4 Å². The van der Waals surface area contributed by atoms with Crippen molar-refractivity contribution in [3.8, 4) is 0 Å². The molecule has 218 valence electrons. The number of benzene rings is 3. The monoisotopic (exact) mass is 577 g/mol. The molecule has 0 aromatic heterocycles. The van der Waals surface area contributed by atoms with Gasteiger partial charge in [0, 0.05) is 43.0 Å². The number of hydrogen-bond acceptors (Lipinski definition) is 4. The van der Waals surface area contributed by atoms with Crippen LogP contribution in [0.1, 0.15) is 46.5 Å². The zero-order valence-electron chi connectivity index (χ0n) is 22.7. The van der Waals surface area contributed by atoms with Crippen molar-refractivity contribution in [2.75, 3.05) is 43.4 Å². The van der Waals surface area contributed by atoms with Crippen molar-refractivity contribution in [3.05, 3.63) is 94.5 Å². The minimum atomic E-state index is -5.06. The Labute approximate surface area is 233 Å². The van der Waals surface area contributed by atoms with Gasteiger partial charge in [0.25, 0.3) is 0 Å². The fraction of sp³-hybridized carbons (Fsp3) is 0.333. The van der Waals surface area contributed by atoms with Gasteiger partial charge in [0.2, 0.25) is 5.91 Å². The number of rotatable bonds is 6. The van der Waals surface area contributed by atoms with E-state index in [0.29, 0.717) is 30.8 Å². The number of piperazine rings is 1. The lowest BCUT2D eigenvalue weighted by molar-refractivity contribution is -0.143. The zero-order chi connectivity index (χ0) is 30.2. The highest BCUT2D eigenvalue weighted by atomic mass is 19.4. The highest BCUT2D eigenvalue weighted by molar-refractivity contribution is 6.15. The first-order valence-electron chi connectivity index (χ1n) is 12.9. The quantitative estimate of drug-likeness (QED) is 0.264. The maximum absolute atomic E-state index is 13.5. The van der Waals surface area contributed by atoms with Crippen molar-refractivity contribution < 1.29 is 35.9 Å². The smallest absolute Gasteiger partial charge is 0.369 e. The van der Waals surface area contributed by atoms with Gasteiger partial charge < -0.3 is 15.1 Å². The third kappa shape index (κ3) is 6.73. The van der Waals surface area contributed by atoms with E-state index >= 15 is 0 Å². The van der Waals surface area contributed by atoms with E-state index in [-0.39, 0.29) is 17.3 Å². The largest absolute Gasteiger partial charge is 0.416 e. The molecule has 3 aromatic carbocycles. The second-order valence-corrected chi connectivity index (χ2v) is 10.6. The summed E-state index contributed by atoms with van der Waals surface area (Å²) in [4.78, 5) is 31.3. The minimum Gasteiger partial charge on any atom is -0.369 e. The van der Waals surface area contributed by atoms with Crippen molar-refractivity contribution >= 4 is 23.1 Å². The molecule has 1 amide bonds. The van der Waals surface area contributed by atoms with Gasteiger partial charge in [-0.1, -0.05) is 30.3 Å². The number of alkyl halides is 6. The van der Waals surface area contributed by atoms with Crippen molar-refractivity contribution in [1.29, 1.82) is 0 Å². The number of nitrogens with zero attached hydrogens (tertiary/aromatic N) is 2. The van der Waals surface area contributed by atoms with Crippen molar-refractivity contribution in [2.45, 2.75) is 31.6 Å². The normalized spacial score (nSPS) is 15.1. The first-order chi connectivity index (χ1) is 19.1. The molecule has 0 spiro atoms. The van der Waals surface area contributed by atoms with Gasteiger partial charge in [-0.15, -0.1) is 0 Å². The number of ketones is 1. The second-order valence-electron chi connectivity index (χ2n) is 10.6. The number of anilines is 2. The Kier molecular flexibility index (Phi) is 8.22. The van der Waals surface area contributed by atoms with Gasteiger partial charge in [-0.3, -0.25) is 9.59 Å². The molecule has 1 fully saturated rings. The lowest BCUT2D eigenvalue weighted by Crippen LogP contribution is -2.44. The summed E-state index contributed by atoms with van der Waals surface area (Å²) in [6.07, 6.45) is -10.1.